The zero-order chi connectivity index (χ0) is 13.2. The molecule has 1 fully saturated rings. The summed E-state index contributed by atoms with van der Waals surface area (Å²) in [7, 11) is 0. The number of alkyl halides is 3. The van der Waals surface area contributed by atoms with Gasteiger partial charge in [-0.25, -0.2) is 0 Å². The fourth-order valence-corrected chi connectivity index (χ4v) is 2.70. The second kappa shape index (κ2) is 4.92. The number of nitrogens with two attached hydrogens (primary N) is 1. The van der Waals surface area contributed by atoms with Crippen molar-refractivity contribution in [2.45, 2.75) is 43.8 Å². The van der Waals surface area contributed by atoms with Crippen LogP contribution in [0.15, 0.2) is 30.3 Å². The molecule has 0 amide bonds. The molecule has 0 aromatic heterocycles. The van der Waals surface area contributed by atoms with E-state index in [9.17, 15) is 13.2 Å². The molecule has 0 unspecified atom stereocenters. The van der Waals surface area contributed by atoms with Gasteiger partial charge in [-0.3, -0.25) is 0 Å². The Morgan fingerprint density at radius 1 is 1.11 bits per heavy atom. The molecule has 18 heavy (non-hydrogen) atoms. The molecule has 100 valence electrons. The van der Waals surface area contributed by atoms with Gasteiger partial charge in [0.15, 0.2) is 0 Å². The third kappa shape index (κ3) is 3.25. The van der Waals surface area contributed by atoms with Crippen LogP contribution in [-0.4, -0.2) is 11.7 Å². The highest BCUT2D eigenvalue weighted by Crippen LogP contribution is 2.41. The minimum atomic E-state index is -4.06. The Labute approximate surface area is 105 Å². The molecule has 1 aromatic rings. The molecule has 2 rings (SSSR count). The summed E-state index contributed by atoms with van der Waals surface area (Å²) in [4.78, 5) is 0. The van der Waals surface area contributed by atoms with Crippen molar-refractivity contribution in [1.82, 2.24) is 0 Å². The minimum absolute atomic E-state index is 0.160. The molecular formula is C14H18F3N. The molecule has 0 spiro atoms. The lowest BCUT2D eigenvalue weighted by Gasteiger charge is -2.38. The molecule has 1 aliphatic carbocycles. The minimum Gasteiger partial charge on any atom is -0.325 e. The molecule has 1 aliphatic rings. The van der Waals surface area contributed by atoms with Crippen molar-refractivity contribution in [2.75, 3.05) is 0 Å². The summed E-state index contributed by atoms with van der Waals surface area (Å²) >= 11 is 0. The Bertz CT molecular complexity index is 378. The molecule has 1 saturated carbocycles. The topological polar surface area (TPSA) is 26.0 Å². The Morgan fingerprint density at radius 3 is 2.17 bits per heavy atom. The highest BCUT2D eigenvalue weighted by molar-refractivity contribution is 5.18. The van der Waals surface area contributed by atoms with Gasteiger partial charge in [-0.05, 0) is 37.7 Å². The first-order chi connectivity index (χ1) is 8.39. The number of hydrogen-bond acceptors (Lipinski definition) is 1. The van der Waals surface area contributed by atoms with Gasteiger partial charge in [0.1, 0.15) is 0 Å². The number of benzene rings is 1. The Hall–Kier alpha value is -1.03. The zero-order valence-corrected chi connectivity index (χ0v) is 10.2. The smallest absolute Gasteiger partial charge is 0.325 e. The number of hydrogen-bond donors (Lipinski definition) is 1. The van der Waals surface area contributed by atoms with Crippen LogP contribution in [0.1, 0.15) is 31.2 Å². The van der Waals surface area contributed by atoms with Crippen LogP contribution in [0.4, 0.5) is 13.2 Å². The van der Waals surface area contributed by atoms with Crippen LogP contribution in [0.5, 0.6) is 0 Å². The molecule has 0 bridgehead atoms. The first-order valence-electron chi connectivity index (χ1n) is 6.29. The predicted octanol–water partition coefficient (Wildman–Crippen LogP) is 3.68. The van der Waals surface area contributed by atoms with E-state index >= 15 is 0 Å². The summed E-state index contributed by atoms with van der Waals surface area (Å²) in [6, 6.07) is 9.74. The van der Waals surface area contributed by atoms with E-state index in [1.54, 1.807) is 0 Å². The van der Waals surface area contributed by atoms with Crippen molar-refractivity contribution in [3.05, 3.63) is 35.9 Å². The van der Waals surface area contributed by atoms with Crippen LogP contribution in [0.3, 0.4) is 0 Å². The molecule has 2 N–H and O–H groups in total. The highest BCUT2D eigenvalue weighted by Gasteiger charge is 2.44. The predicted molar refractivity (Wildman–Crippen MR) is 65.1 cm³/mol. The first-order valence-corrected chi connectivity index (χ1v) is 6.29. The van der Waals surface area contributed by atoms with E-state index in [-0.39, 0.29) is 12.8 Å². The molecule has 0 radical (unpaired) electrons. The van der Waals surface area contributed by atoms with Gasteiger partial charge in [0, 0.05) is 5.54 Å². The Kier molecular flexibility index (Phi) is 3.66. The van der Waals surface area contributed by atoms with E-state index in [1.807, 2.05) is 30.3 Å². The van der Waals surface area contributed by atoms with Crippen LogP contribution in [-0.2, 0) is 6.42 Å². The largest absolute Gasteiger partial charge is 0.391 e. The lowest BCUT2D eigenvalue weighted by molar-refractivity contribution is -0.184. The van der Waals surface area contributed by atoms with Crippen molar-refractivity contribution in [2.24, 2.45) is 11.7 Å². The first kappa shape index (κ1) is 13.4. The lowest BCUT2D eigenvalue weighted by atomic mass is 9.74. The zero-order valence-electron chi connectivity index (χ0n) is 10.2. The second-order valence-electron chi connectivity index (χ2n) is 5.34. The lowest BCUT2D eigenvalue weighted by Crippen LogP contribution is -2.47. The normalized spacial score (nSPS) is 29.2. The van der Waals surface area contributed by atoms with Crippen molar-refractivity contribution in [3.8, 4) is 0 Å². The summed E-state index contributed by atoms with van der Waals surface area (Å²) in [5.74, 6) is -1.16. The van der Waals surface area contributed by atoms with Crippen molar-refractivity contribution < 1.29 is 13.2 Å². The van der Waals surface area contributed by atoms with E-state index < -0.39 is 17.6 Å². The van der Waals surface area contributed by atoms with Gasteiger partial charge in [0.05, 0.1) is 5.92 Å². The van der Waals surface area contributed by atoms with Gasteiger partial charge in [0.25, 0.3) is 0 Å². The van der Waals surface area contributed by atoms with E-state index in [0.29, 0.717) is 19.3 Å². The van der Waals surface area contributed by atoms with Crippen LogP contribution in [0, 0.1) is 5.92 Å². The van der Waals surface area contributed by atoms with Crippen molar-refractivity contribution in [3.63, 3.8) is 0 Å². The third-order valence-electron chi connectivity index (χ3n) is 3.84. The summed E-state index contributed by atoms with van der Waals surface area (Å²) in [6.07, 6.45) is -2.18. The molecule has 0 aliphatic heterocycles. The average Bonchev–Trinajstić information content (AvgIpc) is 2.29. The van der Waals surface area contributed by atoms with Crippen LogP contribution in [0.2, 0.25) is 0 Å². The van der Waals surface area contributed by atoms with Gasteiger partial charge in [-0.15, -0.1) is 0 Å². The summed E-state index contributed by atoms with van der Waals surface area (Å²) in [5, 5.41) is 0. The molecule has 0 heterocycles. The Morgan fingerprint density at radius 2 is 1.67 bits per heavy atom. The highest BCUT2D eigenvalue weighted by atomic mass is 19.4. The van der Waals surface area contributed by atoms with E-state index in [1.165, 1.54) is 0 Å². The molecule has 4 heteroatoms. The van der Waals surface area contributed by atoms with E-state index in [2.05, 4.69) is 0 Å². The van der Waals surface area contributed by atoms with Gasteiger partial charge in [0.2, 0.25) is 0 Å². The van der Waals surface area contributed by atoms with Crippen LogP contribution >= 0.6 is 0 Å². The summed E-state index contributed by atoms with van der Waals surface area (Å²) in [5.41, 5.74) is 6.86. The van der Waals surface area contributed by atoms with Gasteiger partial charge in [-0.2, -0.15) is 13.2 Å². The van der Waals surface area contributed by atoms with Gasteiger partial charge in [-0.1, -0.05) is 30.3 Å². The molecule has 1 nitrogen and oxygen atoms in total. The second-order valence-corrected chi connectivity index (χ2v) is 5.34. The maximum absolute atomic E-state index is 12.6. The number of rotatable bonds is 2. The van der Waals surface area contributed by atoms with E-state index in [0.717, 1.165) is 5.56 Å². The molecular weight excluding hydrogens is 239 g/mol. The average molecular weight is 257 g/mol. The van der Waals surface area contributed by atoms with Crippen LogP contribution < -0.4 is 5.73 Å². The third-order valence-corrected chi connectivity index (χ3v) is 3.84. The SMILES string of the molecule is NC1(Cc2ccccc2)CCC(C(F)(F)F)CC1. The van der Waals surface area contributed by atoms with Crippen molar-refractivity contribution in [1.29, 1.82) is 0 Å². The Balaban J connectivity index is 1.95. The quantitative estimate of drug-likeness (QED) is 0.859. The maximum Gasteiger partial charge on any atom is 0.391 e. The summed E-state index contributed by atoms with van der Waals surface area (Å²) < 4.78 is 37.7. The summed E-state index contributed by atoms with van der Waals surface area (Å²) in [6.45, 7) is 0. The molecule has 0 atom stereocenters. The van der Waals surface area contributed by atoms with Gasteiger partial charge >= 0.3 is 6.18 Å². The fraction of sp³-hybridized carbons (Fsp3) is 0.571. The van der Waals surface area contributed by atoms with Gasteiger partial charge < -0.3 is 5.73 Å². The fourth-order valence-electron chi connectivity index (χ4n) is 2.70. The number of halogens is 3. The maximum atomic E-state index is 12.6. The standard InChI is InChI=1S/C14H18F3N/c15-14(16,17)12-6-8-13(18,9-7-12)10-11-4-2-1-3-5-11/h1-5,12H,6-10,18H2. The van der Waals surface area contributed by atoms with Crippen molar-refractivity contribution >= 4 is 0 Å². The van der Waals surface area contributed by atoms with Crippen LogP contribution in [0.25, 0.3) is 0 Å². The molecule has 1 aromatic carbocycles. The monoisotopic (exact) mass is 257 g/mol. The molecule has 0 saturated heterocycles. The van der Waals surface area contributed by atoms with E-state index in [4.69, 9.17) is 5.73 Å².